The van der Waals surface area contributed by atoms with Gasteiger partial charge in [0, 0.05) is 35.0 Å². The predicted octanol–water partition coefficient (Wildman–Crippen LogP) is 2.58. The molecule has 106 valence electrons. The molecule has 0 aliphatic carbocycles. The van der Waals surface area contributed by atoms with Crippen LogP contribution in [-0.2, 0) is 0 Å². The number of nitro groups is 1. The normalized spacial score (nSPS) is 13.9. The number of rotatable bonds is 3. The summed E-state index contributed by atoms with van der Waals surface area (Å²) in [6.07, 6.45) is 0. The van der Waals surface area contributed by atoms with E-state index in [0.29, 0.717) is 10.8 Å². The summed E-state index contributed by atoms with van der Waals surface area (Å²) in [5.41, 5.74) is 0.453. The van der Waals surface area contributed by atoms with Gasteiger partial charge in [-0.15, -0.1) is 11.6 Å². The highest BCUT2D eigenvalue weighted by molar-refractivity contribution is 6.27. The van der Waals surface area contributed by atoms with Crippen LogP contribution in [0.1, 0.15) is 20.7 Å². The third kappa shape index (κ3) is 1.87. The smallest absolute Gasteiger partial charge is 0.273 e. The van der Waals surface area contributed by atoms with Crippen LogP contribution in [0.3, 0.4) is 0 Å². The van der Waals surface area contributed by atoms with Crippen molar-refractivity contribution in [1.82, 2.24) is 4.90 Å². The second-order valence-corrected chi connectivity index (χ2v) is 4.95. The second kappa shape index (κ2) is 4.82. The lowest BCUT2D eigenvalue weighted by Gasteiger charge is -2.26. The van der Waals surface area contributed by atoms with Crippen molar-refractivity contribution < 1.29 is 14.5 Å². The molecule has 3 rings (SSSR count). The monoisotopic (exact) mass is 304 g/mol. The number of hydrogen-bond acceptors (Lipinski definition) is 4. The average Bonchev–Trinajstić information content (AvgIpc) is 2.48. The molecule has 2 aromatic carbocycles. The highest BCUT2D eigenvalue weighted by Crippen LogP contribution is 2.35. The van der Waals surface area contributed by atoms with E-state index in [4.69, 9.17) is 11.6 Å². The van der Waals surface area contributed by atoms with E-state index in [0.717, 1.165) is 4.90 Å². The van der Waals surface area contributed by atoms with Gasteiger partial charge in [-0.05, 0) is 18.2 Å². The molecule has 0 radical (unpaired) electrons. The van der Waals surface area contributed by atoms with Gasteiger partial charge in [-0.25, -0.2) is 0 Å². The number of amides is 2. The summed E-state index contributed by atoms with van der Waals surface area (Å²) in [6, 6.07) is 7.35. The van der Waals surface area contributed by atoms with E-state index in [9.17, 15) is 19.7 Å². The van der Waals surface area contributed by atoms with Gasteiger partial charge in [0.1, 0.15) is 0 Å². The predicted molar refractivity (Wildman–Crippen MR) is 76.7 cm³/mol. The molecule has 0 spiro atoms. The molecule has 2 amide bonds. The van der Waals surface area contributed by atoms with Crippen LogP contribution in [0.5, 0.6) is 0 Å². The Labute approximate surface area is 124 Å². The highest BCUT2D eigenvalue weighted by Gasteiger charge is 2.34. The van der Waals surface area contributed by atoms with E-state index in [1.807, 2.05) is 0 Å². The first-order valence-electron chi connectivity index (χ1n) is 6.18. The maximum Gasteiger partial charge on any atom is 0.277 e. The molecule has 0 N–H and O–H groups in total. The summed E-state index contributed by atoms with van der Waals surface area (Å²) in [7, 11) is 0. The Morgan fingerprint density at radius 1 is 1.10 bits per heavy atom. The van der Waals surface area contributed by atoms with Crippen molar-refractivity contribution in [2.75, 3.05) is 12.4 Å². The minimum absolute atomic E-state index is 0.103. The fourth-order valence-electron chi connectivity index (χ4n) is 2.58. The number of halogens is 1. The van der Waals surface area contributed by atoms with Gasteiger partial charge in [0.15, 0.2) is 0 Å². The van der Waals surface area contributed by atoms with Crippen LogP contribution in [-0.4, -0.2) is 34.1 Å². The fraction of sp³-hybridized carbons (Fsp3) is 0.143. The summed E-state index contributed by atoms with van der Waals surface area (Å²) in [5, 5.41) is 11.7. The van der Waals surface area contributed by atoms with E-state index >= 15 is 0 Å². The van der Waals surface area contributed by atoms with Gasteiger partial charge in [0.25, 0.3) is 17.5 Å². The lowest BCUT2D eigenvalue weighted by atomic mass is 9.93. The summed E-state index contributed by atoms with van der Waals surface area (Å²) in [6.45, 7) is 0.103. The highest BCUT2D eigenvalue weighted by atomic mass is 35.5. The van der Waals surface area contributed by atoms with Gasteiger partial charge < -0.3 is 0 Å². The molecule has 0 saturated heterocycles. The zero-order valence-corrected chi connectivity index (χ0v) is 11.5. The lowest BCUT2D eigenvalue weighted by Crippen LogP contribution is -2.41. The quantitative estimate of drug-likeness (QED) is 0.378. The van der Waals surface area contributed by atoms with Crippen molar-refractivity contribution in [3.05, 3.63) is 51.6 Å². The number of nitro benzene ring substituents is 1. The Morgan fingerprint density at radius 2 is 1.76 bits per heavy atom. The summed E-state index contributed by atoms with van der Waals surface area (Å²) in [4.78, 5) is 36.3. The number of carbonyl (C=O) groups excluding carboxylic acids is 2. The first-order valence-corrected chi connectivity index (χ1v) is 6.72. The van der Waals surface area contributed by atoms with Gasteiger partial charge in [-0.3, -0.25) is 24.6 Å². The minimum atomic E-state index is -0.525. The van der Waals surface area contributed by atoms with E-state index in [1.54, 1.807) is 12.1 Å². The number of alkyl halides is 1. The van der Waals surface area contributed by atoms with Crippen LogP contribution in [0.2, 0.25) is 0 Å². The molecular weight excluding hydrogens is 296 g/mol. The van der Waals surface area contributed by atoms with Crippen LogP contribution in [0.4, 0.5) is 5.69 Å². The van der Waals surface area contributed by atoms with Crippen LogP contribution in [0.15, 0.2) is 30.3 Å². The first kappa shape index (κ1) is 13.5. The lowest BCUT2D eigenvalue weighted by molar-refractivity contribution is -0.383. The number of hydrogen-bond donors (Lipinski definition) is 0. The molecule has 0 aromatic heterocycles. The van der Waals surface area contributed by atoms with E-state index < -0.39 is 16.7 Å². The number of non-ortho nitro benzene ring substituents is 1. The summed E-state index contributed by atoms with van der Waals surface area (Å²) >= 11 is 5.63. The van der Waals surface area contributed by atoms with Gasteiger partial charge >= 0.3 is 0 Å². The Kier molecular flexibility index (Phi) is 3.10. The third-order valence-corrected chi connectivity index (χ3v) is 3.64. The van der Waals surface area contributed by atoms with Crippen molar-refractivity contribution in [3.63, 3.8) is 0 Å². The van der Waals surface area contributed by atoms with Crippen molar-refractivity contribution in [2.45, 2.75) is 0 Å². The Bertz CT molecular complexity index is 781. The number of benzene rings is 2. The van der Waals surface area contributed by atoms with E-state index in [2.05, 4.69) is 0 Å². The maximum absolute atomic E-state index is 12.4. The molecule has 6 nitrogen and oxygen atoms in total. The maximum atomic E-state index is 12.4. The molecule has 0 bridgehead atoms. The molecule has 0 atom stereocenters. The molecule has 2 aromatic rings. The number of nitrogens with zero attached hydrogens (tertiary/aromatic N) is 2. The van der Waals surface area contributed by atoms with Crippen LogP contribution >= 0.6 is 11.6 Å². The summed E-state index contributed by atoms with van der Waals surface area (Å²) < 4.78 is 0. The van der Waals surface area contributed by atoms with Crippen molar-refractivity contribution in [3.8, 4) is 0 Å². The molecule has 0 unspecified atom stereocenters. The number of imide groups is 1. The molecule has 0 saturated carbocycles. The molecule has 1 aliphatic rings. The minimum Gasteiger partial charge on any atom is -0.273 e. The standard InChI is InChI=1S/C14H9ClN2O4/c15-6-7-16-13(18)9-3-1-2-8-11(17(20)21)5-4-10(12(8)9)14(16)19/h1-5H,6-7H2. The third-order valence-electron chi connectivity index (χ3n) is 3.47. The van der Waals surface area contributed by atoms with Gasteiger partial charge in [0.2, 0.25) is 0 Å². The van der Waals surface area contributed by atoms with Crippen LogP contribution in [0, 0.1) is 10.1 Å². The molecular formula is C14H9ClN2O4. The van der Waals surface area contributed by atoms with E-state index in [-0.39, 0.29) is 29.2 Å². The fourth-order valence-corrected chi connectivity index (χ4v) is 2.75. The molecule has 21 heavy (non-hydrogen) atoms. The van der Waals surface area contributed by atoms with Gasteiger partial charge in [0.05, 0.1) is 10.3 Å². The number of carbonyl (C=O) groups is 2. The topological polar surface area (TPSA) is 80.5 Å². The summed E-state index contributed by atoms with van der Waals surface area (Å²) in [5.74, 6) is -0.811. The largest absolute Gasteiger partial charge is 0.277 e. The van der Waals surface area contributed by atoms with Crippen molar-refractivity contribution >= 4 is 39.9 Å². The van der Waals surface area contributed by atoms with Crippen molar-refractivity contribution in [1.29, 1.82) is 0 Å². The SMILES string of the molecule is O=C1c2cccc3c([N+](=O)[O-])ccc(c23)C(=O)N1CCCl. The van der Waals surface area contributed by atoms with Gasteiger partial charge in [-0.2, -0.15) is 0 Å². The molecule has 1 heterocycles. The average molecular weight is 305 g/mol. The van der Waals surface area contributed by atoms with Crippen LogP contribution in [0.25, 0.3) is 10.8 Å². The van der Waals surface area contributed by atoms with E-state index in [1.165, 1.54) is 18.2 Å². The van der Waals surface area contributed by atoms with Gasteiger partial charge in [-0.1, -0.05) is 6.07 Å². The van der Waals surface area contributed by atoms with Crippen molar-refractivity contribution in [2.24, 2.45) is 0 Å². The first-order chi connectivity index (χ1) is 10.1. The Morgan fingerprint density at radius 3 is 2.38 bits per heavy atom. The second-order valence-electron chi connectivity index (χ2n) is 4.57. The zero-order chi connectivity index (χ0) is 15.1. The van der Waals surface area contributed by atoms with Crippen LogP contribution < -0.4 is 0 Å². The zero-order valence-electron chi connectivity index (χ0n) is 10.7. The Hall–Kier alpha value is -2.47. The molecule has 0 fully saturated rings. The molecule has 7 heteroatoms. The molecule has 1 aliphatic heterocycles. The Balaban J connectivity index is 2.36.